The molecule has 36 heavy (non-hydrogen) atoms. The maximum absolute atomic E-state index is 13.6. The molecule has 8 heteroatoms. The minimum Gasteiger partial charge on any atom is -0.480 e. The predicted molar refractivity (Wildman–Crippen MR) is 141 cm³/mol. The molecule has 2 aliphatic rings. The molecule has 0 spiro atoms. The lowest BCUT2D eigenvalue weighted by atomic mass is 9.97. The highest BCUT2D eigenvalue weighted by Gasteiger charge is 2.44. The molecule has 3 aromatic rings. The number of carbonyl (C=O) groups excluding carboxylic acids is 2. The second-order valence-corrected chi connectivity index (χ2v) is 10.7. The molecular weight excluding hydrogens is 474 g/mol. The number of carbonyl (C=O) groups is 3. The van der Waals surface area contributed by atoms with E-state index in [1.807, 2.05) is 44.2 Å². The summed E-state index contributed by atoms with van der Waals surface area (Å²) in [6.45, 7) is 4.62. The molecule has 0 radical (unpaired) electrons. The number of rotatable bonds is 8. The molecule has 4 atom stereocenters. The summed E-state index contributed by atoms with van der Waals surface area (Å²) in [5.74, 6) is -1.54. The molecule has 3 N–H and O–H groups in total. The van der Waals surface area contributed by atoms with E-state index < -0.39 is 24.1 Å². The predicted octanol–water partition coefficient (Wildman–Crippen LogP) is 3.88. The summed E-state index contributed by atoms with van der Waals surface area (Å²) in [5, 5.41) is 19.5. The molecule has 1 aromatic heterocycles. The normalized spacial score (nSPS) is 20.6. The van der Waals surface area contributed by atoms with Gasteiger partial charge in [-0.05, 0) is 52.3 Å². The zero-order valence-corrected chi connectivity index (χ0v) is 21.3. The number of hydrogen-bond acceptors (Lipinski definition) is 5. The number of amides is 2. The fourth-order valence-electron chi connectivity index (χ4n) is 5.40. The quantitative estimate of drug-likeness (QED) is 0.432. The second kappa shape index (κ2) is 10.0. The molecule has 2 aliphatic heterocycles. The van der Waals surface area contributed by atoms with E-state index in [4.69, 9.17) is 0 Å². The zero-order valence-electron chi connectivity index (χ0n) is 20.5. The lowest BCUT2D eigenvalue weighted by Crippen LogP contribution is -2.56. The summed E-state index contributed by atoms with van der Waals surface area (Å²) < 4.78 is 1.21. The van der Waals surface area contributed by atoms with Crippen LogP contribution in [0.5, 0.6) is 0 Å². The van der Waals surface area contributed by atoms with E-state index in [0.29, 0.717) is 25.1 Å². The van der Waals surface area contributed by atoms with Crippen molar-refractivity contribution in [2.75, 3.05) is 4.90 Å². The molecule has 2 aromatic carbocycles. The zero-order chi connectivity index (χ0) is 25.4. The Hall–Kier alpha value is -3.23. The van der Waals surface area contributed by atoms with Gasteiger partial charge in [-0.3, -0.25) is 14.5 Å². The molecule has 0 fully saturated rings. The Kier molecular flexibility index (Phi) is 6.81. The third-order valence-corrected chi connectivity index (χ3v) is 8.59. The number of fused-ring (bicyclic) bond motifs is 1. The van der Waals surface area contributed by atoms with Gasteiger partial charge in [0.25, 0.3) is 0 Å². The molecule has 3 heterocycles. The number of para-hydroxylation sites is 1. The Balaban J connectivity index is 1.35. The van der Waals surface area contributed by atoms with Crippen LogP contribution in [0.1, 0.15) is 43.4 Å². The highest BCUT2D eigenvalue weighted by Crippen LogP contribution is 2.39. The first-order chi connectivity index (χ1) is 17.4. The molecule has 188 valence electrons. The van der Waals surface area contributed by atoms with Crippen molar-refractivity contribution in [2.45, 2.75) is 64.2 Å². The summed E-state index contributed by atoms with van der Waals surface area (Å²) in [6.07, 6.45) is 2.13. The minimum absolute atomic E-state index is 0.0538. The summed E-state index contributed by atoms with van der Waals surface area (Å²) in [5.41, 5.74) is 3.70. The topological polar surface area (TPSA) is 98.7 Å². The van der Waals surface area contributed by atoms with Crippen molar-refractivity contribution in [3.05, 3.63) is 64.5 Å². The standard InChI is InChI=1S/C28H31N3O4S/c1-3-16(2)24(29-14-19-15-36-23-10-5-4-9-20(19)23)26(32)30-21-12-11-17-7-6-8-18-13-22(28(34)35)31(25(17)18)27(21)33/h4-10,15-16,21-22,24,29H,3,11-14H2,1-2H3,(H,30,32)(H,34,35)/t16-,21-,22-,24-/m0/s1. The first kappa shape index (κ1) is 24.5. The van der Waals surface area contributed by atoms with Gasteiger partial charge in [0.1, 0.15) is 12.1 Å². The van der Waals surface area contributed by atoms with Crippen molar-refractivity contribution in [1.29, 1.82) is 0 Å². The van der Waals surface area contributed by atoms with Crippen molar-refractivity contribution in [1.82, 2.24) is 10.6 Å². The number of nitrogens with one attached hydrogen (secondary N) is 2. The summed E-state index contributed by atoms with van der Waals surface area (Å²) in [6, 6.07) is 11.8. The van der Waals surface area contributed by atoms with E-state index in [9.17, 15) is 19.5 Å². The van der Waals surface area contributed by atoms with Gasteiger partial charge in [0, 0.05) is 17.7 Å². The van der Waals surface area contributed by atoms with E-state index in [1.54, 1.807) is 11.3 Å². The number of aryl methyl sites for hydroxylation is 1. The smallest absolute Gasteiger partial charge is 0.327 e. The molecule has 0 aliphatic carbocycles. The average molecular weight is 506 g/mol. The fraction of sp³-hybridized carbons (Fsp3) is 0.393. The van der Waals surface area contributed by atoms with Crippen LogP contribution in [0.25, 0.3) is 10.1 Å². The van der Waals surface area contributed by atoms with Gasteiger partial charge in [0.15, 0.2) is 0 Å². The number of thiophene rings is 1. The van der Waals surface area contributed by atoms with Gasteiger partial charge in [0.2, 0.25) is 11.8 Å². The lowest BCUT2D eigenvalue weighted by Gasteiger charge is -2.29. The van der Waals surface area contributed by atoms with Gasteiger partial charge >= 0.3 is 5.97 Å². The van der Waals surface area contributed by atoms with Gasteiger partial charge < -0.3 is 15.7 Å². The largest absolute Gasteiger partial charge is 0.480 e. The molecular formula is C28H31N3O4S. The van der Waals surface area contributed by atoms with Gasteiger partial charge in [-0.25, -0.2) is 4.79 Å². The number of anilines is 1. The van der Waals surface area contributed by atoms with Crippen molar-refractivity contribution in [3.8, 4) is 0 Å². The van der Waals surface area contributed by atoms with E-state index in [1.165, 1.54) is 15.0 Å². The first-order valence-corrected chi connectivity index (χ1v) is 13.4. The summed E-state index contributed by atoms with van der Waals surface area (Å²) in [4.78, 5) is 40.5. The van der Waals surface area contributed by atoms with E-state index in [2.05, 4.69) is 28.1 Å². The van der Waals surface area contributed by atoms with Crippen LogP contribution in [0, 0.1) is 5.92 Å². The Morgan fingerprint density at radius 2 is 1.94 bits per heavy atom. The molecule has 5 rings (SSSR count). The molecule has 0 unspecified atom stereocenters. The Morgan fingerprint density at radius 1 is 1.17 bits per heavy atom. The van der Waals surface area contributed by atoms with E-state index >= 15 is 0 Å². The monoisotopic (exact) mass is 505 g/mol. The minimum atomic E-state index is -1.03. The van der Waals surface area contributed by atoms with Crippen LogP contribution in [0.2, 0.25) is 0 Å². The van der Waals surface area contributed by atoms with Crippen molar-refractivity contribution in [2.24, 2.45) is 5.92 Å². The van der Waals surface area contributed by atoms with E-state index in [-0.39, 0.29) is 24.2 Å². The highest BCUT2D eigenvalue weighted by atomic mass is 32.1. The maximum atomic E-state index is 13.6. The number of hydrogen-bond donors (Lipinski definition) is 3. The molecule has 0 bridgehead atoms. The molecule has 0 saturated carbocycles. The Labute approximate surface area is 214 Å². The van der Waals surface area contributed by atoms with Crippen LogP contribution in [-0.2, 0) is 33.8 Å². The molecule has 0 saturated heterocycles. The van der Waals surface area contributed by atoms with E-state index in [0.717, 1.165) is 23.1 Å². The number of carboxylic acids is 1. The lowest BCUT2D eigenvalue weighted by molar-refractivity contribution is -0.140. The van der Waals surface area contributed by atoms with Crippen LogP contribution < -0.4 is 15.5 Å². The summed E-state index contributed by atoms with van der Waals surface area (Å²) in [7, 11) is 0. The van der Waals surface area contributed by atoms with Crippen LogP contribution in [-0.4, -0.2) is 41.0 Å². The second-order valence-electron chi connectivity index (χ2n) is 9.79. The number of benzene rings is 2. The number of aliphatic carboxylic acids is 1. The van der Waals surface area contributed by atoms with Gasteiger partial charge in [-0.1, -0.05) is 56.7 Å². The van der Waals surface area contributed by atoms with Crippen LogP contribution in [0.15, 0.2) is 47.8 Å². The maximum Gasteiger partial charge on any atom is 0.327 e. The van der Waals surface area contributed by atoms with Gasteiger partial charge in [0.05, 0.1) is 11.7 Å². The summed E-state index contributed by atoms with van der Waals surface area (Å²) >= 11 is 1.68. The third kappa shape index (κ3) is 4.40. The van der Waals surface area contributed by atoms with Crippen molar-refractivity contribution < 1.29 is 19.5 Å². The van der Waals surface area contributed by atoms with Crippen LogP contribution in [0.3, 0.4) is 0 Å². The Bertz CT molecular complexity index is 1320. The highest BCUT2D eigenvalue weighted by molar-refractivity contribution is 7.17. The van der Waals surface area contributed by atoms with Crippen molar-refractivity contribution >= 4 is 44.9 Å². The van der Waals surface area contributed by atoms with Crippen LogP contribution in [0.4, 0.5) is 5.69 Å². The molecule has 2 amide bonds. The third-order valence-electron chi connectivity index (χ3n) is 7.58. The van der Waals surface area contributed by atoms with Crippen LogP contribution >= 0.6 is 11.3 Å². The fourth-order valence-corrected chi connectivity index (χ4v) is 6.36. The number of carboxylic acid groups (broad SMARTS) is 1. The SMILES string of the molecule is CC[C@H](C)[C@H](NCc1csc2ccccc12)C(=O)N[C@H]1CCc2cccc3c2N(C1=O)[C@H](C(=O)O)C3. The Morgan fingerprint density at radius 3 is 2.72 bits per heavy atom. The van der Waals surface area contributed by atoms with Gasteiger partial charge in [-0.2, -0.15) is 0 Å². The van der Waals surface area contributed by atoms with Gasteiger partial charge in [-0.15, -0.1) is 11.3 Å². The molecule has 7 nitrogen and oxygen atoms in total. The average Bonchev–Trinajstić information content (AvgIpc) is 3.44. The number of nitrogens with zero attached hydrogens (tertiary/aromatic N) is 1. The van der Waals surface area contributed by atoms with Crippen molar-refractivity contribution in [3.63, 3.8) is 0 Å². The first-order valence-electron chi connectivity index (χ1n) is 12.5.